The van der Waals surface area contributed by atoms with E-state index in [4.69, 9.17) is 4.74 Å². The van der Waals surface area contributed by atoms with E-state index in [0.29, 0.717) is 6.61 Å². The molecule has 3 heteroatoms. The molecular weight excluding hydrogens is 238 g/mol. The Labute approximate surface area is 114 Å². The average Bonchev–Trinajstić information content (AvgIpc) is 2.87. The highest BCUT2D eigenvalue weighted by Crippen LogP contribution is 2.42. The highest BCUT2D eigenvalue weighted by molar-refractivity contribution is 5.40. The number of rotatable bonds is 5. The number of ether oxygens (including phenoxy) is 1. The van der Waals surface area contributed by atoms with Crippen LogP contribution in [0.25, 0.3) is 0 Å². The maximum Gasteiger partial charge on any atom is 0.235 e. The van der Waals surface area contributed by atoms with Gasteiger partial charge in [-0.05, 0) is 43.0 Å². The van der Waals surface area contributed by atoms with Crippen molar-refractivity contribution >= 4 is 6.08 Å². The average molecular weight is 257 g/mol. The van der Waals surface area contributed by atoms with Crippen LogP contribution in [0, 0.1) is 0 Å². The zero-order chi connectivity index (χ0) is 13.7. The van der Waals surface area contributed by atoms with Crippen LogP contribution >= 0.6 is 0 Å². The van der Waals surface area contributed by atoms with Crippen LogP contribution in [0.2, 0.25) is 0 Å². The van der Waals surface area contributed by atoms with Gasteiger partial charge in [-0.1, -0.05) is 31.6 Å². The fraction of sp³-hybridized carbons (Fsp3) is 0.438. The molecule has 3 nitrogen and oxygen atoms in total. The number of isocyanates is 1. The molecule has 1 aliphatic carbocycles. The normalized spacial score (nSPS) is 16.7. The summed E-state index contributed by atoms with van der Waals surface area (Å²) in [5, 5.41) is 0. The third kappa shape index (κ3) is 3.12. The quantitative estimate of drug-likeness (QED) is 0.458. The molecule has 0 radical (unpaired) electrons. The molecule has 0 aromatic heterocycles. The summed E-state index contributed by atoms with van der Waals surface area (Å²) >= 11 is 0. The fourth-order valence-corrected chi connectivity index (χ4v) is 2.58. The summed E-state index contributed by atoms with van der Waals surface area (Å²) in [5.74, 6) is 0.815. The van der Waals surface area contributed by atoms with Gasteiger partial charge >= 0.3 is 0 Å². The first kappa shape index (κ1) is 13.6. The van der Waals surface area contributed by atoms with E-state index < -0.39 is 0 Å². The SMILES string of the molecule is C=C(C)COc1ccc(C2(N=C=O)CCCC2)cc1. The van der Waals surface area contributed by atoms with Crippen molar-refractivity contribution in [2.24, 2.45) is 4.99 Å². The second kappa shape index (κ2) is 5.85. The Kier molecular flexibility index (Phi) is 4.18. The van der Waals surface area contributed by atoms with E-state index in [1.165, 1.54) is 0 Å². The summed E-state index contributed by atoms with van der Waals surface area (Å²) in [6, 6.07) is 7.86. The van der Waals surface area contributed by atoms with Crippen LogP contribution in [0.1, 0.15) is 38.2 Å². The molecule has 0 spiro atoms. The summed E-state index contributed by atoms with van der Waals surface area (Å²) in [7, 11) is 0. The highest BCUT2D eigenvalue weighted by Gasteiger charge is 2.35. The highest BCUT2D eigenvalue weighted by atomic mass is 16.5. The predicted molar refractivity (Wildman–Crippen MR) is 75.0 cm³/mol. The molecule has 0 N–H and O–H groups in total. The summed E-state index contributed by atoms with van der Waals surface area (Å²) in [6.07, 6.45) is 5.81. The molecule has 100 valence electrons. The van der Waals surface area contributed by atoms with E-state index in [1.807, 2.05) is 31.2 Å². The van der Waals surface area contributed by atoms with Gasteiger partial charge in [0.15, 0.2) is 0 Å². The molecule has 1 aliphatic rings. The molecule has 1 aromatic rings. The number of nitrogens with zero attached hydrogens (tertiary/aromatic N) is 1. The molecule has 0 saturated heterocycles. The van der Waals surface area contributed by atoms with E-state index in [2.05, 4.69) is 11.6 Å². The lowest BCUT2D eigenvalue weighted by Gasteiger charge is -2.23. The van der Waals surface area contributed by atoms with Gasteiger partial charge in [0, 0.05) is 0 Å². The summed E-state index contributed by atoms with van der Waals surface area (Å²) < 4.78 is 5.57. The van der Waals surface area contributed by atoms with E-state index in [0.717, 1.165) is 42.6 Å². The van der Waals surface area contributed by atoms with Crippen molar-refractivity contribution in [3.63, 3.8) is 0 Å². The summed E-state index contributed by atoms with van der Waals surface area (Å²) in [5.41, 5.74) is 1.71. The summed E-state index contributed by atoms with van der Waals surface area (Å²) in [4.78, 5) is 14.7. The van der Waals surface area contributed by atoms with Gasteiger partial charge in [0.05, 0.1) is 5.54 Å². The van der Waals surface area contributed by atoms with Crippen LogP contribution in [0.15, 0.2) is 41.4 Å². The number of aliphatic imine (C=N–C) groups is 1. The second-order valence-corrected chi connectivity index (χ2v) is 5.21. The lowest BCUT2D eigenvalue weighted by molar-refractivity contribution is 0.352. The minimum Gasteiger partial charge on any atom is -0.489 e. The maximum absolute atomic E-state index is 10.7. The third-order valence-corrected chi connectivity index (χ3v) is 3.57. The standard InChI is InChI=1S/C16H19NO2/c1-13(2)11-19-15-7-5-14(6-8-15)16(17-12-18)9-3-4-10-16/h5-8H,1,3-4,9-11H2,2H3. The molecule has 19 heavy (non-hydrogen) atoms. The van der Waals surface area contributed by atoms with Crippen molar-refractivity contribution in [1.29, 1.82) is 0 Å². The first-order valence-corrected chi connectivity index (χ1v) is 6.63. The Hall–Kier alpha value is -1.86. The minimum absolute atomic E-state index is 0.353. The number of hydrogen-bond acceptors (Lipinski definition) is 3. The molecule has 1 aromatic carbocycles. The van der Waals surface area contributed by atoms with Gasteiger partial charge in [0.25, 0.3) is 0 Å². The molecule has 0 bridgehead atoms. The van der Waals surface area contributed by atoms with Crippen LogP contribution in [-0.2, 0) is 10.3 Å². The van der Waals surface area contributed by atoms with Gasteiger partial charge in [-0.15, -0.1) is 0 Å². The summed E-state index contributed by atoms with van der Waals surface area (Å²) in [6.45, 7) is 6.26. The topological polar surface area (TPSA) is 38.7 Å². The van der Waals surface area contributed by atoms with Crippen LogP contribution < -0.4 is 4.74 Å². The molecule has 1 fully saturated rings. The van der Waals surface area contributed by atoms with Gasteiger partial charge in [-0.25, -0.2) is 4.79 Å². The Balaban J connectivity index is 2.16. The fourth-order valence-electron chi connectivity index (χ4n) is 2.58. The largest absolute Gasteiger partial charge is 0.489 e. The van der Waals surface area contributed by atoms with E-state index >= 15 is 0 Å². The zero-order valence-corrected chi connectivity index (χ0v) is 11.3. The molecule has 0 atom stereocenters. The monoisotopic (exact) mass is 257 g/mol. The predicted octanol–water partition coefficient (Wildman–Crippen LogP) is 3.75. The molecule has 1 saturated carbocycles. The van der Waals surface area contributed by atoms with Crippen molar-refractivity contribution < 1.29 is 9.53 Å². The van der Waals surface area contributed by atoms with Gasteiger partial charge in [-0.2, -0.15) is 4.99 Å². The molecule has 0 amide bonds. The zero-order valence-electron chi connectivity index (χ0n) is 11.3. The Morgan fingerprint density at radius 2 is 2.00 bits per heavy atom. The van der Waals surface area contributed by atoms with Crippen LogP contribution in [0.4, 0.5) is 0 Å². The van der Waals surface area contributed by atoms with Gasteiger partial charge < -0.3 is 4.74 Å². The molecule has 0 aliphatic heterocycles. The Morgan fingerprint density at radius 1 is 1.37 bits per heavy atom. The number of carbonyl (C=O) groups excluding carboxylic acids is 1. The molecular formula is C16H19NO2. The minimum atomic E-state index is -0.353. The first-order chi connectivity index (χ1) is 9.16. The van der Waals surface area contributed by atoms with Crippen molar-refractivity contribution in [3.05, 3.63) is 42.0 Å². The Morgan fingerprint density at radius 3 is 2.53 bits per heavy atom. The molecule has 0 heterocycles. The molecule has 0 unspecified atom stereocenters. The lowest BCUT2D eigenvalue weighted by atomic mass is 9.89. The maximum atomic E-state index is 10.7. The smallest absolute Gasteiger partial charge is 0.235 e. The van der Waals surface area contributed by atoms with Crippen molar-refractivity contribution in [2.45, 2.75) is 38.1 Å². The number of benzene rings is 1. The van der Waals surface area contributed by atoms with E-state index in [9.17, 15) is 4.79 Å². The van der Waals surface area contributed by atoms with Crippen LogP contribution in [0.3, 0.4) is 0 Å². The van der Waals surface area contributed by atoms with E-state index in [1.54, 1.807) is 6.08 Å². The second-order valence-electron chi connectivity index (χ2n) is 5.21. The van der Waals surface area contributed by atoms with Crippen molar-refractivity contribution in [2.75, 3.05) is 6.61 Å². The Bertz CT molecular complexity index is 492. The van der Waals surface area contributed by atoms with Crippen LogP contribution in [-0.4, -0.2) is 12.7 Å². The van der Waals surface area contributed by atoms with Crippen LogP contribution in [0.5, 0.6) is 5.75 Å². The number of hydrogen-bond donors (Lipinski definition) is 0. The third-order valence-electron chi connectivity index (χ3n) is 3.57. The van der Waals surface area contributed by atoms with E-state index in [-0.39, 0.29) is 5.54 Å². The van der Waals surface area contributed by atoms with Crippen molar-refractivity contribution in [1.82, 2.24) is 0 Å². The van der Waals surface area contributed by atoms with Gasteiger partial charge in [0.2, 0.25) is 6.08 Å². The lowest BCUT2D eigenvalue weighted by Crippen LogP contribution is -2.18. The van der Waals surface area contributed by atoms with Gasteiger partial charge in [-0.3, -0.25) is 0 Å². The van der Waals surface area contributed by atoms with Crippen molar-refractivity contribution in [3.8, 4) is 5.75 Å². The molecule has 2 rings (SSSR count). The first-order valence-electron chi connectivity index (χ1n) is 6.63. The van der Waals surface area contributed by atoms with Gasteiger partial charge in [0.1, 0.15) is 12.4 Å².